The first-order valence-electron chi connectivity index (χ1n) is 4.15. The van der Waals surface area contributed by atoms with E-state index in [4.69, 9.17) is 0 Å². The summed E-state index contributed by atoms with van der Waals surface area (Å²) >= 11 is 0. The molecular formula is C8H18F2Si. The van der Waals surface area contributed by atoms with Crippen molar-refractivity contribution in [2.24, 2.45) is 0 Å². The Balaban J connectivity index is 3.70. The van der Waals surface area contributed by atoms with Crippen LogP contribution in [0, 0.1) is 0 Å². The largest absolute Gasteiger partial charge is 0.247 e. The summed E-state index contributed by atoms with van der Waals surface area (Å²) in [7, 11) is -1.26. The van der Waals surface area contributed by atoms with E-state index in [1.807, 2.05) is 0 Å². The Bertz CT molecular complexity index is 116. The lowest BCUT2D eigenvalue weighted by Crippen LogP contribution is -2.24. The molecule has 0 aliphatic rings. The van der Waals surface area contributed by atoms with Gasteiger partial charge in [-0.1, -0.05) is 32.6 Å². The average molecular weight is 180 g/mol. The van der Waals surface area contributed by atoms with Crippen LogP contribution in [-0.4, -0.2) is 14.0 Å². The van der Waals surface area contributed by atoms with Crippen molar-refractivity contribution < 1.29 is 8.78 Å². The van der Waals surface area contributed by atoms with E-state index in [9.17, 15) is 8.78 Å². The van der Waals surface area contributed by atoms with Crippen LogP contribution in [0.2, 0.25) is 25.7 Å². The SMILES string of the molecule is CCC(F)(F)CC[Si](C)(C)C. The summed E-state index contributed by atoms with van der Waals surface area (Å²) in [6, 6.07) is 0.730. The van der Waals surface area contributed by atoms with Gasteiger partial charge in [0.2, 0.25) is 5.92 Å². The number of halogens is 2. The minimum atomic E-state index is -2.42. The smallest absolute Gasteiger partial charge is 0.207 e. The molecular weight excluding hydrogens is 162 g/mol. The zero-order chi connectivity index (χ0) is 9.12. The Morgan fingerprint density at radius 3 is 1.91 bits per heavy atom. The van der Waals surface area contributed by atoms with Crippen molar-refractivity contribution in [1.82, 2.24) is 0 Å². The van der Waals surface area contributed by atoms with Crippen LogP contribution < -0.4 is 0 Å². The van der Waals surface area contributed by atoms with Gasteiger partial charge < -0.3 is 0 Å². The zero-order valence-electron chi connectivity index (χ0n) is 7.88. The monoisotopic (exact) mass is 180 g/mol. The van der Waals surface area contributed by atoms with Gasteiger partial charge in [-0.05, 0) is 0 Å². The highest BCUT2D eigenvalue weighted by Crippen LogP contribution is 2.27. The van der Waals surface area contributed by atoms with Crippen molar-refractivity contribution in [2.45, 2.75) is 51.4 Å². The molecule has 0 aromatic heterocycles. The van der Waals surface area contributed by atoms with E-state index in [0.29, 0.717) is 0 Å². The van der Waals surface area contributed by atoms with Gasteiger partial charge in [-0.15, -0.1) is 0 Å². The Kier molecular flexibility index (Phi) is 3.68. The second-order valence-corrected chi connectivity index (χ2v) is 9.89. The van der Waals surface area contributed by atoms with E-state index in [1.54, 1.807) is 6.92 Å². The summed E-state index contributed by atoms with van der Waals surface area (Å²) in [5.74, 6) is -2.42. The molecule has 0 saturated heterocycles. The van der Waals surface area contributed by atoms with Crippen LogP contribution in [0.1, 0.15) is 19.8 Å². The maximum absolute atomic E-state index is 12.7. The molecule has 0 heterocycles. The quantitative estimate of drug-likeness (QED) is 0.578. The first-order chi connectivity index (χ1) is 4.77. The van der Waals surface area contributed by atoms with Crippen LogP contribution >= 0.6 is 0 Å². The molecule has 3 heteroatoms. The van der Waals surface area contributed by atoms with Gasteiger partial charge in [-0.25, -0.2) is 8.78 Å². The number of rotatable bonds is 4. The van der Waals surface area contributed by atoms with Crippen molar-refractivity contribution in [3.8, 4) is 0 Å². The van der Waals surface area contributed by atoms with Crippen molar-refractivity contribution in [2.75, 3.05) is 0 Å². The fourth-order valence-electron chi connectivity index (χ4n) is 0.735. The van der Waals surface area contributed by atoms with Crippen molar-refractivity contribution in [3.63, 3.8) is 0 Å². The number of hydrogen-bond acceptors (Lipinski definition) is 0. The Hall–Kier alpha value is 0.0769. The molecule has 0 bridgehead atoms. The highest BCUT2D eigenvalue weighted by molar-refractivity contribution is 6.76. The lowest BCUT2D eigenvalue weighted by Gasteiger charge is -2.20. The molecule has 0 aliphatic carbocycles. The molecule has 0 aliphatic heterocycles. The topological polar surface area (TPSA) is 0 Å². The Labute approximate surface area is 69.0 Å². The fraction of sp³-hybridized carbons (Fsp3) is 1.00. The van der Waals surface area contributed by atoms with Crippen LogP contribution in [0.4, 0.5) is 8.78 Å². The molecule has 0 aromatic carbocycles. The van der Waals surface area contributed by atoms with Crippen molar-refractivity contribution in [3.05, 3.63) is 0 Å². The minimum Gasteiger partial charge on any atom is -0.207 e. The minimum absolute atomic E-state index is 0.0164. The van der Waals surface area contributed by atoms with Crippen molar-refractivity contribution in [1.29, 1.82) is 0 Å². The molecule has 0 rings (SSSR count). The van der Waals surface area contributed by atoms with Gasteiger partial charge in [0.15, 0.2) is 0 Å². The number of alkyl halides is 2. The van der Waals surface area contributed by atoms with E-state index in [0.717, 1.165) is 6.04 Å². The third-order valence-corrected chi connectivity index (χ3v) is 3.51. The normalized spacial score (nSPS) is 13.6. The number of hydrogen-bond donors (Lipinski definition) is 0. The van der Waals surface area contributed by atoms with Crippen LogP contribution in [0.3, 0.4) is 0 Å². The molecule has 0 nitrogen and oxygen atoms in total. The van der Waals surface area contributed by atoms with Gasteiger partial charge in [-0.2, -0.15) is 0 Å². The molecule has 68 valence electrons. The molecule has 0 fully saturated rings. The lowest BCUT2D eigenvalue weighted by molar-refractivity contribution is -0.00675. The molecule has 0 saturated carbocycles. The van der Waals surface area contributed by atoms with E-state index in [2.05, 4.69) is 19.6 Å². The van der Waals surface area contributed by atoms with Gasteiger partial charge in [-0.3, -0.25) is 0 Å². The third kappa shape index (κ3) is 6.47. The summed E-state index contributed by atoms with van der Waals surface area (Å²) in [5.41, 5.74) is 0. The standard InChI is InChI=1S/C8H18F2Si/c1-5-8(9,10)6-7-11(2,3)4/h5-7H2,1-4H3. The lowest BCUT2D eigenvalue weighted by atomic mass is 10.2. The molecule has 0 amide bonds. The summed E-state index contributed by atoms with van der Waals surface area (Å²) < 4.78 is 25.4. The van der Waals surface area contributed by atoms with E-state index in [-0.39, 0.29) is 12.8 Å². The van der Waals surface area contributed by atoms with Gasteiger partial charge >= 0.3 is 0 Å². The molecule has 0 aromatic rings. The molecule has 0 spiro atoms. The second kappa shape index (κ2) is 3.65. The van der Waals surface area contributed by atoms with Gasteiger partial charge in [0.1, 0.15) is 0 Å². The van der Waals surface area contributed by atoms with Gasteiger partial charge in [0, 0.05) is 20.9 Å². The van der Waals surface area contributed by atoms with Crippen LogP contribution in [0.5, 0.6) is 0 Å². The Morgan fingerprint density at radius 1 is 1.18 bits per heavy atom. The van der Waals surface area contributed by atoms with Crippen molar-refractivity contribution >= 4 is 8.07 Å². The maximum Gasteiger partial charge on any atom is 0.247 e. The molecule has 0 N–H and O–H groups in total. The summed E-state index contributed by atoms with van der Waals surface area (Å²) in [4.78, 5) is 0. The summed E-state index contributed by atoms with van der Waals surface area (Å²) in [5, 5.41) is 0. The zero-order valence-corrected chi connectivity index (χ0v) is 8.88. The average Bonchev–Trinajstić information content (AvgIpc) is 1.83. The van der Waals surface area contributed by atoms with E-state index >= 15 is 0 Å². The summed E-state index contributed by atoms with van der Waals surface area (Å²) in [6.45, 7) is 7.92. The molecule has 0 radical (unpaired) electrons. The van der Waals surface area contributed by atoms with Gasteiger partial charge in [0.25, 0.3) is 0 Å². The van der Waals surface area contributed by atoms with Gasteiger partial charge in [0.05, 0.1) is 0 Å². The third-order valence-electron chi connectivity index (χ3n) is 1.76. The molecule has 0 atom stereocenters. The predicted octanol–water partition coefficient (Wildman–Crippen LogP) is 3.76. The highest BCUT2D eigenvalue weighted by atomic mass is 28.3. The second-order valence-electron chi connectivity index (χ2n) is 4.27. The molecule has 0 unspecified atom stereocenters. The predicted molar refractivity (Wildman–Crippen MR) is 48.0 cm³/mol. The van der Waals surface area contributed by atoms with E-state index < -0.39 is 14.0 Å². The summed E-state index contributed by atoms with van der Waals surface area (Å²) in [6.07, 6.45) is 0.0662. The van der Waals surface area contributed by atoms with Crippen LogP contribution in [0.15, 0.2) is 0 Å². The Morgan fingerprint density at radius 2 is 1.64 bits per heavy atom. The maximum atomic E-state index is 12.7. The van der Waals surface area contributed by atoms with Crippen LogP contribution in [-0.2, 0) is 0 Å². The van der Waals surface area contributed by atoms with E-state index in [1.165, 1.54) is 0 Å². The molecule has 11 heavy (non-hydrogen) atoms. The first kappa shape index (κ1) is 11.1. The fourth-order valence-corrected chi connectivity index (χ4v) is 1.85. The van der Waals surface area contributed by atoms with Crippen LogP contribution in [0.25, 0.3) is 0 Å². The highest BCUT2D eigenvalue weighted by Gasteiger charge is 2.28. The first-order valence-corrected chi connectivity index (χ1v) is 7.85.